The number of hydrogen-bond donors (Lipinski definition) is 2. The zero-order valence-electron chi connectivity index (χ0n) is 23.4. The summed E-state index contributed by atoms with van der Waals surface area (Å²) in [6.45, 7) is 10.9. The number of rotatable bonds is 10. The largest absolute Gasteiger partial charge is 0.487 e. The molecule has 10 heteroatoms. The first-order valence-corrected chi connectivity index (χ1v) is 15.0. The van der Waals surface area contributed by atoms with Crippen LogP contribution < -0.4 is 4.74 Å². The summed E-state index contributed by atoms with van der Waals surface area (Å²) in [5.74, 6) is 0.182. The van der Waals surface area contributed by atoms with Crippen LogP contribution in [0.1, 0.15) is 74.9 Å². The standard InChI is InChI=1S/C29H40N4O5S/c1-6-37-29(34)16-24(13-14-26-19-33(20(2)3)31-30-26)23-12-11-21(4)25(15-23)18-32-17-22(5)38-27-9-7-8-10-28(27)39(32,35)36/h7-12,15,19-20,22,24,35-36H,6,13-14,16-18H2,1-5H3/t22-,24?/m1/s1. The SMILES string of the molecule is CCOC(=O)CC(CCc1cn(C(C)C)nn1)c1ccc(C)c(CN2C[C@@H](C)Oc3ccccc3S2(O)O)c1. The fourth-order valence-electron chi connectivity index (χ4n) is 4.83. The number of benzene rings is 2. The van der Waals surface area contributed by atoms with Gasteiger partial charge < -0.3 is 9.47 Å². The summed E-state index contributed by atoms with van der Waals surface area (Å²) in [7, 11) is -3.26. The Balaban J connectivity index is 1.60. The summed E-state index contributed by atoms with van der Waals surface area (Å²) in [6, 6.07) is 13.5. The lowest BCUT2D eigenvalue weighted by atomic mass is 9.88. The van der Waals surface area contributed by atoms with Crippen molar-refractivity contribution in [3.8, 4) is 5.75 Å². The van der Waals surface area contributed by atoms with Gasteiger partial charge in [-0.1, -0.05) is 35.5 Å². The number of carbonyl (C=O) groups excluding carboxylic acids is 1. The summed E-state index contributed by atoms with van der Waals surface area (Å²) in [4.78, 5) is 12.9. The van der Waals surface area contributed by atoms with Gasteiger partial charge in [0, 0.05) is 18.8 Å². The number of aryl methyl sites for hydroxylation is 2. The number of nitrogens with zero attached hydrogens (tertiary/aromatic N) is 4. The van der Waals surface area contributed by atoms with E-state index in [1.54, 1.807) is 22.5 Å². The molecule has 0 bridgehead atoms. The Morgan fingerprint density at radius 1 is 1.23 bits per heavy atom. The van der Waals surface area contributed by atoms with E-state index in [9.17, 15) is 13.9 Å². The maximum Gasteiger partial charge on any atom is 0.306 e. The number of carbonyl (C=O) groups is 1. The summed E-state index contributed by atoms with van der Waals surface area (Å²) < 4.78 is 37.5. The smallest absolute Gasteiger partial charge is 0.306 e. The van der Waals surface area contributed by atoms with Gasteiger partial charge >= 0.3 is 5.97 Å². The predicted octanol–water partition coefficient (Wildman–Crippen LogP) is 6.14. The van der Waals surface area contributed by atoms with Gasteiger partial charge in [-0.25, -0.2) is 4.68 Å². The zero-order chi connectivity index (χ0) is 28.2. The molecule has 0 aliphatic carbocycles. The van der Waals surface area contributed by atoms with Crippen LogP contribution in [0.15, 0.2) is 53.6 Å². The fraction of sp³-hybridized carbons (Fsp3) is 0.483. The van der Waals surface area contributed by atoms with E-state index in [4.69, 9.17) is 9.47 Å². The Hall–Kier alpha value is -2.92. The molecule has 39 heavy (non-hydrogen) atoms. The molecule has 0 amide bonds. The normalized spacial score (nSPS) is 18.6. The highest BCUT2D eigenvalue weighted by atomic mass is 32.3. The summed E-state index contributed by atoms with van der Waals surface area (Å²) in [5, 5.41) is 8.51. The Labute approximate surface area is 232 Å². The Bertz CT molecular complexity index is 1280. The lowest BCUT2D eigenvalue weighted by Crippen LogP contribution is -2.33. The number of para-hydroxylation sites is 1. The van der Waals surface area contributed by atoms with Gasteiger partial charge in [0.1, 0.15) is 16.7 Å². The van der Waals surface area contributed by atoms with Crippen LogP contribution in [-0.2, 0) is 22.5 Å². The van der Waals surface area contributed by atoms with E-state index in [0.717, 1.165) is 22.4 Å². The van der Waals surface area contributed by atoms with Crippen LogP contribution in [-0.4, -0.2) is 53.6 Å². The van der Waals surface area contributed by atoms with Gasteiger partial charge in [0.05, 0.1) is 25.3 Å². The second-order valence-corrected chi connectivity index (χ2v) is 12.4. The van der Waals surface area contributed by atoms with Crippen LogP contribution in [0.25, 0.3) is 0 Å². The molecule has 0 spiro atoms. The van der Waals surface area contributed by atoms with Crippen LogP contribution in [0.3, 0.4) is 0 Å². The number of ether oxygens (including phenoxy) is 2. The quantitative estimate of drug-likeness (QED) is 0.286. The molecule has 1 unspecified atom stereocenters. The second kappa shape index (κ2) is 12.5. The topological polar surface area (TPSA) is 110 Å². The van der Waals surface area contributed by atoms with Crippen molar-refractivity contribution in [3.63, 3.8) is 0 Å². The molecule has 4 rings (SSSR count). The van der Waals surface area contributed by atoms with Crippen molar-refractivity contribution in [2.75, 3.05) is 13.2 Å². The lowest BCUT2D eigenvalue weighted by molar-refractivity contribution is -0.143. The average molecular weight is 557 g/mol. The third-order valence-electron chi connectivity index (χ3n) is 7.04. The van der Waals surface area contributed by atoms with Crippen molar-refractivity contribution in [1.82, 2.24) is 19.3 Å². The number of esters is 1. The van der Waals surface area contributed by atoms with E-state index in [2.05, 4.69) is 36.3 Å². The average Bonchev–Trinajstić information content (AvgIpc) is 3.34. The van der Waals surface area contributed by atoms with Gasteiger partial charge in [-0.2, -0.15) is 4.31 Å². The van der Waals surface area contributed by atoms with Crippen molar-refractivity contribution in [2.24, 2.45) is 0 Å². The first-order valence-electron chi connectivity index (χ1n) is 13.5. The van der Waals surface area contributed by atoms with Crippen LogP contribution in [0.2, 0.25) is 0 Å². The zero-order valence-corrected chi connectivity index (χ0v) is 24.2. The van der Waals surface area contributed by atoms with Crippen LogP contribution in [0.4, 0.5) is 0 Å². The molecule has 0 fully saturated rings. The minimum absolute atomic E-state index is 0.0833. The summed E-state index contributed by atoms with van der Waals surface area (Å²) >= 11 is 0. The van der Waals surface area contributed by atoms with E-state index >= 15 is 0 Å². The molecule has 0 saturated heterocycles. The molecular weight excluding hydrogens is 516 g/mol. The molecular formula is C29H40N4O5S. The molecule has 2 atom stereocenters. The van der Waals surface area contributed by atoms with Gasteiger partial charge in [-0.3, -0.25) is 13.9 Å². The first-order chi connectivity index (χ1) is 18.6. The van der Waals surface area contributed by atoms with E-state index in [-0.39, 0.29) is 30.5 Å². The van der Waals surface area contributed by atoms with Crippen LogP contribution in [0.5, 0.6) is 5.75 Å². The van der Waals surface area contributed by atoms with Crippen LogP contribution >= 0.6 is 10.8 Å². The van der Waals surface area contributed by atoms with Gasteiger partial charge in [-0.15, -0.1) is 15.9 Å². The third kappa shape index (κ3) is 7.00. The van der Waals surface area contributed by atoms with Gasteiger partial charge in [0.2, 0.25) is 0 Å². The van der Waals surface area contributed by atoms with Crippen molar-refractivity contribution >= 4 is 16.7 Å². The maximum atomic E-state index is 12.5. The Morgan fingerprint density at radius 3 is 2.72 bits per heavy atom. The van der Waals surface area contributed by atoms with Crippen molar-refractivity contribution in [3.05, 3.63) is 71.0 Å². The summed E-state index contributed by atoms with van der Waals surface area (Å²) in [5.41, 5.74) is 3.90. The van der Waals surface area contributed by atoms with Gasteiger partial charge in [0.15, 0.2) is 0 Å². The monoisotopic (exact) mass is 556 g/mol. The predicted molar refractivity (Wildman–Crippen MR) is 152 cm³/mol. The molecule has 0 saturated carbocycles. The lowest BCUT2D eigenvalue weighted by Gasteiger charge is -2.42. The molecule has 1 aliphatic heterocycles. The van der Waals surface area contributed by atoms with E-state index in [0.29, 0.717) is 43.2 Å². The molecule has 0 radical (unpaired) electrons. The minimum Gasteiger partial charge on any atom is -0.487 e. The molecule has 3 aromatic rings. The van der Waals surface area contributed by atoms with Gasteiger partial charge in [-0.05, 0) is 82.2 Å². The van der Waals surface area contributed by atoms with Crippen molar-refractivity contribution in [1.29, 1.82) is 0 Å². The number of fused-ring (bicyclic) bond motifs is 1. The number of aromatic nitrogens is 3. The highest BCUT2D eigenvalue weighted by molar-refractivity contribution is 8.22. The maximum absolute atomic E-state index is 12.5. The Morgan fingerprint density at radius 2 is 2.00 bits per heavy atom. The molecule has 2 N–H and O–H groups in total. The van der Waals surface area contributed by atoms with Gasteiger partial charge in [0.25, 0.3) is 0 Å². The molecule has 9 nitrogen and oxygen atoms in total. The first kappa shape index (κ1) is 29.1. The Kier molecular flexibility index (Phi) is 9.32. The highest BCUT2D eigenvalue weighted by Crippen LogP contribution is 2.57. The molecule has 1 aliphatic rings. The molecule has 212 valence electrons. The molecule has 2 aromatic carbocycles. The van der Waals surface area contributed by atoms with Crippen LogP contribution in [0, 0.1) is 6.92 Å². The van der Waals surface area contributed by atoms with E-state index in [1.807, 2.05) is 43.8 Å². The van der Waals surface area contributed by atoms with E-state index in [1.165, 1.54) is 0 Å². The van der Waals surface area contributed by atoms with Crippen molar-refractivity contribution < 1.29 is 23.4 Å². The highest BCUT2D eigenvalue weighted by Gasteiger charge is 2.34. The van der Waals surface area contributed by atoms with Crippen molar-refractivity contribution in [2.45, 2.75) is 83.4 Å². The van der Waals surface area contributed by atoms with E-state index < -0.39 is 10.8 Å². The number of hydrogen-bond acceptors (Lipinski definition) is 8. The minimum atomic E-state index is -3.26. The third-order valence-corrected chi connectivity index (χ3v) is 8.96. The second-order valence-electron chi connectivity index (χ2n) is 10.4. The molecule has 1 aromatic heterocycles. The fourth-order valence-corrected chi connectivity index (χ4v) is 6.49. The summed E-state index contributed by atoms with van der Waals surface area (Å²) in [6.07, 6.45) is 3.37. The molecule has 2 heterocycles.